The second-order valence-electron chi connectivity index (χ2n) is 4.37. The summed E-state index contributed by atoms with van der Waals surface area (Å²) in [5, 5.41) is 11.8. The van der Waals surface area contributed by atoms with Crippen LogP contribution in [-0.2, 0) is 0 Å². The molecule has 0 spiro atoms. The van der Waals surface area contributed by atoms with Crippen molar-refractivity contribution in [1.29, 1.82) is 0 Å². The average molecular weight is 283 g/mol. The molecule has 3 rings (SSSR count). The van der Waals surface area contributed by atoms with E-state index in [4.69, 9.17) is 0 Å². The Labute approximate surface area is 118 Å². The second-order valence-corrected chi connectivity index (χ2v) is 4.37. The van der Waals surface area contributed by atoms with Crippen LogP contribution in [0.4, 0.5) is 5.95 Å². The number of anilines is 1. The van der Waals surface area contributed by atoms with Gasteiger partial charge in [0.1, 0.15) is 0 Å². The van der Waals surface area contributed by atoms with Crippen molar-refractivity contribution in [3.8, 4) is 5.88 Å². The van der Waals surface area contributed by atoms with Crippen molar-refractivity contribution in [2.24, 2.45) is 0 Å². The molecule has 0 unspecified atom stereocenters. The van der Waals surface area contributed by atoms with Crippen LogP contribution in [0.3, 0.4) is 0 Å². The molecule has 1 heterocycles. The van der Waals surface area contributed by atoms with Crippen LogP contribution in [0.1, 0.15) is 20.7 Å². The number of rotatable bonds is 2. The lowest BCUT2D eigenvalue weighted by Gasteiger charge is -2.15. The van der Waals surface area contributed by atoms with Gasteiger partial charge in [0.15, 0.2) is 5.78 Å². The summed E-state index contributed by atoms with van der Waals surface area (Å²) in [7, 11) is 0. The quantitative estimate of drug-likeness (QED) is 0.753. The van der Waals surface area contributed by atoms with Gasteiger partial charge in [-0.25, -0.2) is 0 Å². The van der Waals surface area contributed by atoms with Crippen molar-refractivity contribution < 1.29 is 14.7 Å². The molecule has 0 radical (unpaired) electrons. The first-order valence-corrected chi connectivity index (χ1v) is 6.02. The van der Waals surface area contributed by atoms with Gasteiger partial charge in [-0.1, -0.05) is 24.3 Å². The van der Waals surface area contributed by atoms with E-state index in [2.05, 4.69) is 15.3 Å². The van der Waals surface area contributed by atoms with Gasteiger partial charge in [0, 0.05) is 17.2 Å². The van der Waals surface area contributed by atoms with E-state index in [1.165, 1.54) is 0 Å². The number of nitrogens with one attached hydrogen (secondary N) is 2. The Morgan fingerprint density at radius 2 is 1.81 bits per heavy atom. The third kappa shape index (κ3) is 2.32. The van der Waals surface area contributed by atoms with Crippen molar-refractivity contribution in [3.63, 3.8) is 0 Å². The summed E-state index contributed by atoms with van der Waals surface area (Å²) in [5.41, 5.74) is -0.00607. The van der Waals surface area contributed by atoms with Gasteiger partial charge >= 0.3 is 0 Å². The number of Topliss-reactive ketones (excluding diaryl/α,β-unsaturated/α-hetero) is 1. The number of nitrogens with zero attached hydrogens (tertiary/aromatic N) is 1. The van der Waals surface area contributed by atoms with Crippen LogP contribution < -0.4 is 10.9 Å². The summed E-state index contributed by atoms with van der Waals surface area (Å²) in [6.45, 7) is 0. The minimum absolute atomic E-state index is 0.0209. The second kappa shape index (κ2) is 4.71. The van der Waals surface area contributed by atoms with Crippen molar-refractivity contribution in [3.05, 3.63) is 63.6 Å². The van der Waals surface area contributed by atoms with Gasteiger partial charge in [-0.2, -0.15) is 4.98 Å². The summed E-state index contributed by atoms with van der Waals surface area (Å²) in [4.78, 5) is 41.4. The number of benzene rings is 1. The molecule has 7 nitrogen and oxygen atoms in total. The number of carbonyl (C=O) groups is 2. The molecule has 1 aromatic carbocycles. The molecular formula is C14H9N3O4. The number of aromatic hydroxyl groups is 1. The van der Waals surface area contributed by atoms with Gasteiger partial charge in [0.25, 0.3) is 5.56 Å². The van der Waals surface area contributed by atoms with E-state index in [9.17, 15) is 19.5 Å². The zero-order valence-corrected chi connectivity index (χ0v) is 10.6. The van der Waals surface area contributed by atoms with Crippen LogP contribution in [0.2, 0.25) is 0 Å². The lowest BCUT2D eigenvalue weighted by Crippen LogP contribution is -2.23. The molecule has 0 bridgehead atoms. The molecule has 3 N–H and O–H groups in total. The number of ketones is 2. The normalized spacial score (nSPS) is 13.6. The maximum atomic E-state index is 12.3. The topological polar surface area (TPSA) is 112 Å². The zero-order valence-electron chi connectivity index (χ0n) is 10.6. The van der Waals surface area contributed by atoms with E-state index < -0.39 is 17.2 Å². The molecule has 0 fully saturated rings. The molecule has 0 atom stereocenters. The van der Waals surface area contributed by atoms with E-state index >= 15 is 0 Å². The Bertz CT molecular complexity index is 851. The highest BCUT2D eigenvalue weighted by molar-refractivity contribution is 6.25. The Balaban J connectivity index is 1.99. The van der Waals surface area contributed by atoms with E-state index in [0.29, 0.717) is 5.56 Å². The molecular weight excluding hydrogens is 274 g/mol. The maximum absolute atomic E-state index is 12.3. The third-order valence-electron chi connectivity index (χ3n) is 2.94. The van der Waals surface area contributed by atoms with E-state index in [0.717, 1.165) is 12.1 Å². The van der Waals surface area contributed by atoms with Gasteiger partial charge in [-0.3, -0.25) is 19.4 Å². The Hall–Kier alpha value is -3.22. The van der Waals surface area contributed by atoms with Gasteiger partial charge < -0.3 is 10.4 Å². The van der Waals surface area contributed by atoms with Crippen LogP contribution in [0.5, 0.6) is 5.88 Å². The third-order valence-corrected chi connectivity index (χ3v) is 2.94. The Morgan fingerprint density at radius 1 is 1.10 bits per heavy atom. The molecule has 0 saturated heterocycles. The number of allylic oxidation sites excluding steroid dienone is 2. The van der Waals surface area contributed by atoms with Gasteiger partial charge in [-0.15, -0.1) is 0 Å². The van der Waals surface area contributed by atoms with E-state index in [-0.39, 0.29) is 23.0 Å². The van der Waals surface area contributed by atoms with Crippen LogP contribution in [0.25, 0.3) is 0 Å². The predicted molar refractivity (Wildman–Crippen MR) is 73.3 cm³/mol. The summed E-state index contributed by atoms with van der Waals surface area (Å²) < 4.78 is 0. The van der Waals surface area contributed by atoms with Gasteiger partial charge in [0.2, 0.25) is 17.6 Å². The van der Waals surface area contributed by atoms with Crippen LogP contribution in [-0.4, -0.2) is 26.6 Å². The predicted octanol–water partition coefficient (Wildman–Crippen LogP) is 0.850. The number of hydrogen-bond acceptors (Lipinski definition) is 6. The van der Waals surface area contributed by atoms with Crippen molar-refractivity contribution in [1.82, 2.24) is 9.97 Å². The smallest absolute Gasteiger partial charge is 0.256 e. The molecule has 1 aliphatic carbocycles. The average Bonchev–Trinajstić information content (AvgIpc) is 2.43. The summed E-state index contributed by atoms with van der Waals surface area (Å²) in [6.07, 6.45) is 1.13. The van der Waals surface area contributed by atoms with Crippen molar-refractivity contribution in [2.45, 2.75) is 0 Å². The Morgan fingerprint density at radius 3 is 2.52 bits per heavy atom. The standard InChI is InChI=1S/C14H9N3O4/c18-10-5-9(13(21)8-4-2-1-3-7(8)10)15-14-16-11(19)6-12(20)17-14/h1-6H,(H3,15,16,17,19,20). The molecule has 1 aliphatic rings. The van der Waals surface area contributed by atoms with Crippen LogP contribution in [0.15, 0.2) is 46.9 Å². The number of hydrogen-bond donors (Lipinski definition) is 3. The Kier molecular flexibility index (Phi) is 2.87. The minimum Gasteiger partial charge on any atom is -0.493 e. The first-order chi connectivity index (χ1) is 10.0. The van der Waals surface area contributed by atoms with Gasteiger partial charge in [0.05, 0.1) is 11.8 Å². The maximum Gasteiger partial charge on any atom is 0.256 e. The highest BCUT2D eigenvalue weighted by Gasteiger charge is 2.25. The number of fused-ring (bicyclic) bond motifs is 1. The molecule has 2 aromatic rings. The number of aromatic amines is 1. The molecule has 0 aliphatic heterocycles. The number of H-pyrrole nitrogens is 1. The number of aromatic nitrogens is 2. The van der Waals surface area contributed by atoms with E-state index in [1.807, 2.05) is 0 Å². The lowest BCUT2D eigenvalue weighted by atomic mass is 9.93. The van der Waals surface area contributed by atoms with Crippen LogP contribution >= 0.6 is 0 Å². The highest BCUT2D eigenvalue weighted by atomic mass is 16.3. The SMILES string of the molecule is O=C1C=C(Nc2nc(O)cc(=O)[nH]2)C(=O)c2ccccc21. The molecule has 7 heteroatoms. The van der Waals surface area contributed by atoms with Crippen LogP contribution in [0, 0.1) is 0 Å². The van der Waals surface area contributed by atoms with Crippen molar-refractivity contribution >= 4 is 17.5 Å². The molecule has 0 amide bonds. The zero-order chi connectivity index (χ0) is 15.0. The minimum atomic E-state index is -0.583. The largest absolute Gasteiger partial charge is 0.493 e. The van der Waals surface area contributed by atoms with Gasteiger partial charge in [-0.05, 0) is 0 Å². The fourth-order valence-electron chi connectivity index (χ4n) is 2.04. The molecule has 0 saturated carbocycles. The van der Waals surface area contributed by atoms with Crippen molar-refractivity contribution in [2.75, 3.05) is 5.32 Å². The molecule has 21 heavy (non-hydrogen) atoms. The highest BCUT2D eigenvalue weighted by Crippen LogP contribution is 2.21. The lowest BCUT2D eigenvalue weighted by molar-refractivity contribution is 0.0985. The monoisotopic (exact) mass is 283 g/mol. The van der Waals surface area contributed by atoms with E-state index in [1.54, 1.807) is 24.3 Å². The summed E-state index contributed by atoms with van der Waals surface area (Å²) >= 11 is 0. The summed E-state index contributed by atoms with van der Waals surface area (Å²) in [5.74, 6) is -1.32. The molecule has 104 valence electrons. The molecule has 1 aromatic heterocycles. The fraction of sp³-hybridized carbons (Fsp3) is 0. The number of carbonyl (C=O) groups excluding carboxylic acids is 2. The first kappa shape index (κ1) is 12.8. The fourth-order valence-corrected chi connectivity index (χ4v) is 2.04. The first-order valence-electron chi connectivity index (χ1n) is 6.02. The summed E-state index contributed by atoms with van der Waals surface area (Å²) in [6, 6.07) is 7.33.